The molecule has 1 aromatic carbocycles. The fraction of sp³-hybridized carbons (Fsp3) is 0.273. The number of carbonyl (C=O) groups excluding carboxylic acids is 2. The maximum Gasteiger partial charge on any atom is 0.253 e. The number of benzene rings is 1. The van der Waals surface area contributed by atoms with Crippen molar-refractivity contribution >= 4 is 17.5 Å². The number of methoxy groups -OCH3 is 1. The van der Waals surface area contributed by atoms with Crippen LogP contribution in [0.4, 0.5) is 5.69 Å². The van der Waals surface area contributed by atoms with Crippen LogP contribution in [0.2, 0.25) is 0 Å². The van der Waals surface area contributed by atoms with Gasteiger partial charge in [0, 0.05) is 18.4 Å². The second kappa shape index (κ2) is 5.27. The first-order chi connectivity index (χ1) is 7.54. The van der Waals surface area contributed by atoms with E-state index in [4.69, 9.17) is 10.5 Å². The van der Waals surface area contributed by atoms with Crippen LogP contribution in [0.15, 0.2) is 24.3 Å². The summed E-state index contributed by atoms with van der Waals surface area (Å²) in [6.07, 6.45) is -0.544. The van der Waals surface area contributed by atoms with Crippen molar-refractivity contribution in [1.29, 1.82) is 0 Å². The van der Waals surface area contributed by atoms with E-state index in [1.54, 1.807) is 25.1 Å². The minimum Gasteiger partial charge on any atom is -0.372 e. The fourth-order valence-corrected chi connectivity index (χ4v) is 1.10. The minimum absolute atomic E-state index is 0.274. The highest BCUT2D eigenvalue weighted by molar-refractivity contribution is 5.97. The normalized spacial score (nSPS) is 11.9. The number of hydrogen-bond donors (Lipinski definition) is 2. The molecule has 0 aliphatic heterocycles. The number of hydrogen-bond acceptors (Lipinski definition) is 3. The lowest BCUT2D eigenvalue weighted by Crippen LogP contribution is -2.26. The van der Waals surface area contributed by atoms with Crippen LogP contribution in [0, 0.1) is 0 Å². The highest BCUT2D eigenvalue weighted by Gasteiger charge is 2.11. The first-order valence-corrected chi connectivity index (χ1v) is 4.78. The maximum atomic E-state index is 11.5. The highest BCUT2D eigenvalue weighted by atomic mass is 16.5. The van der Waals surface area contributed by atoms with Gasteiger partial charge < -0.3 is 15.8 Å². The summed E-state index contributed by atoms with van der Waals surface area (Å²) >= 11 is 0. The summed E-state index contributed by atoms with van der Waals surface area (Å²) in [5.41, 5.74) is 5.99. The Kier molecular flexibility index (Phi) is 4.02. The molecule has 0 aliphatic carbocycles. The van der Waals surface area contributed by atoms with Gasteiger partial charge in [0.25, 0.3) is 5.91 Å². The maximum absolute atomic E-state index is 11.5. The molecule has 0 aromatic heterocycles. The molecule has 16 heavy (non-hydrogen) atoms. The number of amides is 2. The number of nitrogens with two attached hydrogens (primary N) is 1. The quantitative estimate of drug-likeness (QED) is 0.789. The van der Waals surface area contributed by atoms with Gasteiger partial charge in [-0.3, -0.25) is 9.59 Å². The number of anilines is 1. The van der Waals surface area contributed by atoms with E-state index in [0.717, 1.165) is 0 Å². The molecule has 0 radical (unpaired) electrons. The summed E-state index contributed by atoms with van der Waals surface area (Å²) in [5.74, 6) is -0.806. The van der Waals surface area contributed by atoms with Crippen molar-refractivity contribution in [3.63, 3.8) is 0 Å². The summed E-state index contributed by atoms with van der Waals surface area (Å²) in [4.78, 5) is 22.4. The van der Waals surface area contributed by atoms with E-state index in [-0.39, 0.29) is 5.91 Å². The Bertz CT molecular complexity index is 404. The van der Waals surface area contributed by atoms with Gasteiger partial charge in [0.15, 0.2) is 0 Å². The topological polar surface area (TPSA) is 81.4 Å². The third-order valence-electron chi connectivity index (χ3n) is 2.14. The molecule has 0 saturated carbocycles. The molecular formula is C11H14N2O3. The van der Waals surface area contributed by atoms with Gasteiger partial charge in [0.2, 0.25) is 5.91 Å². The van der Waals surface area contributed by atoms with E-state index in [1.165, 1.54) is 13.2 Å². The van der Waals surface area contributed by atoms with E-state index >= 15 is 0 Å². The Balaban J connectivity index is 2.78. The van der Waals surface area contributed by atoms with Crippen molar-refractivity contribution in [2.45, 2.75) is 13.0 Å². The Labute approximate surface area is 93.6 Å². The van der Waals surface area contributed by atoms with Gasteiger partial charge in [0.05, 0.1) is 0 Å². The van der Waals surface area contributed by atoms with E-state index in [9.17, 15) is 9.59 Å². The van der Waals surface area contributed by atoms with Crippen molar-refractivity contribution in [3.8, 4) is 0 Å². The van der Waals surface area contributed by atoms with E-state index in [1.807, 2.05) is 0 Å². The Morgan fingerprint density at radius 1 is 1.44 bits per heavy atom. The lowest BCUT2D eigenvalue weighted by molar-refractivity contribution is -0.124. The van der Waals surface area contributed by atoms with Crippen LogP contribution in [-0.4, -0.2) is 25.0 Å². The molecule has 1 atom stereocenters. The average Bonchev–Trinajstić information content (AvgIpc) is 2.28. The van der Waals surface area contributed by atoms with Gasteiger partial charge in [-0.15, -0.1) is 0 Å². The van der Waals surface area contributed by atoms with Gasteiger partial charge in [-0.1, -0.05) is 6.07 Å². The molecule has 0 saturated heterocycles. The number of nitrogens with one attached hydrogen (secondary N) is 1. The molecule has 1 aromatic rings. The lowest BCUT2D eigenvalue weighted by atomic mass is 10.2. The molecule has 5 heteroatoms. The van der Waals surface area contributed by atoms with Crippen molar-refractivity contribution in [3.05, 3.63) is 29.8 Å². The zero-order valence-electron chi connectivity index (χ0n) is 9.19. The molecule has 3 N–H and O–H groups in total. The van der Waals surface area contributed by atoms with Crippen LogP contribution >= 0.6 is 0 Å². The van der Waals surface area contributed by atoms with E-state index in [0.29, 0.717) is 11.3 Å². The van der Waals surface area contributed by atoms with Crippen molar-refractivity contribution in [2.24, 2.45) is 5.73 Å². The largest absolute Gasteiger partial charge is 0.372 e. The smallest absolute Gasteiger partial charge is 0.253 e. The zero-order chi connectivity index (χ0) is 12.1. The number of rotatable bonds is 4. The number of ether oxygens (including phenoxy) is 1. The Morgan fingerprint density at radius 2 is 2.12 bits per heavy atom. The summed E-state index contributed by atoms with van der Waals surface area (Å²) in [6.45, 7) is 1.63. The molecule has 0 spiro atoms. The van der Waals surface area contributed by atoms with Crippen LogP contribution in [0.5, 0.6) is 0 Å². The highest BCUT2D eigenvalue weighted by Crippen LogP contribution is 2.10. The first kappa shape index (κ1) is 12.2. The predicted octanol–water partition coefficient (Wildman–Crippen LogP) is 0.759. The van der Waals surface area contributed by atoms with Crippen LogP contribution < -0.4 is 11.1 Å². The standard InChI is InChI=1S/C11H14N2O3/c1-7(16-2)11(15)13-9-5-3-4-8(6-9)10(12)14/h3-7H,1-2H3,(H2,12,14)(H,13,15). The van der Waals surface area contributed by atoms with Crippen LogP contribution in [0.1, 0.15) is 17.3 Å². The predicted molar refractivity (Wildman–Crippen MR) is 60.1 cm³/mol. The molecule has 1 unspecified atom stereocenters. The summed E-state index contributed by atoms with van der Waals surface area (Å²) in [5, 5.41) is 2.62. The van der Waals surface area contributed by atoms with Crippen LogP contribution in [0.3, 0.4) is 0 Å². The average molecular weight is 222 g/mol. The number of carbonyl (C=O) groups is 2. The molecular weight excluding hydrogens is 208 g/mol. The van der Waals surface area contributed by atoms with Gasteiger partial charge in [-0.25, -0.2) is 0 Å². The van der Waals surface area contributed by atoms with Crippen LogP contribution in [-0.2, 0) is 9.53 Å². The fourth-order valence-electron chi connectivity index (χ4n) is 1.10. The van der Waals surface area contributed by atoms with E-state index in [2.05, 4.69) is 5.32 Å². The molecule has 0 fully saturated rings. The summed E-state index contributed by atoms with van der Waals surface area (Å²) in [6, 6.07) is 6.42. The molecule has 1 rings (SSSR count). The molecule has 0 bridgehead atoms. The van der Waals surface area contributed by atoms with Crippen molar-refractivity contribution in [1.82, 2.24) is 0 Å². The van der Waals surface area contributed by atoms with Gasteiger partial charge in [-0.2, -0.15) is 0 Å². The SMILES string of the molecule is COC(C)C(=O)Nc1cccc(C(N)=O)c1. The first-order valence-electron chi connectivity index (χ1n) is 4.78. The second-order valence-electron chi connectivity index (χ2n) is 3.31. The Morgan fingerprint density at radius 3 is 2.69 bits per heavy atom. The molecule has 0 aliphatic rings. The van der Waals surface area contributed by atoms with Crippen molar-refractivity contribution < 1.29 is 14.3 Å². The monoisotopic (exact) mass is 222 g/mol. The molecule has 5 nitrogen and oxygen atoms in total. The summed E-state index contributed by atoms with van der Waals surface area (Å²) in [7, 11) is 1.45. The number of primary amides is 1. The minimum atomic E-state index is -0.544. The van der Waals surface area contributed by atoms with Crippen LogP contribution in [0.25, 0.3) is 0 Å². The van der Waals surface area contributed by atoms with Gasteiger partial charge >= 0.3 is 0 Å². The third kappa shape index (κ3) is 3.06. The lowest BCUT2D eigenvalue weighted by Gasteiger charge is -2.10. The summed E-state index contributed by atoms with van der Waals surface area (Å²) < 4.78 is 4.86. The Hall–Kier alpha value is -1.88. The zero-order valence-corrected chi connectivity index (χ0v) is 9.19. The van der Waals surface area contributed by atoms with Crippen molar-refractivity contribution in [2.75, 3.05) is 12.4 Å². The molecule has 86 valence electrons. The molecule has 2 amide bonds. The van der Waals surface area contributed by atoms with E-state index < -0.39 is 12.0 Å². The van der Waals surface area contributed by atoms with Gasteiger partial charge in [0.1, 0.15) is 6.10 Å². The molecule has 0 heterocycles. The second-order valence-corrected chi connectivity index (χ2v) is 3.31. The van der Waals surface area contributed by atoms with Gasteiger partial charge in [-0.05, 0) is 25.1 Å². The third-order valence-corrected chi connectivity index (χ3v) is 2.14.